The zero-order chi connectivity index (χ0) is 37.5. The van der Waals surface area contributed by atoms with Crippen LogP contribution >= 0.6 is 11.6 Å². The number of ether oxygens (including phenoxy) is 1. The van der Waals surface area contributed by atoms with E-state index in [1.54, 1.807) is 36.0 Å². The molecule has 1 saturated carbocycles. The number of aromatic nitrogens is 5. The maximum Gasteiger partial charge on any atom is 0.422 e. The highest BCUT2D eigenvalue weighted by molar-refractivity contribution is 6.36. The smallest absolute Gasteiger partial charge is 0.422 e. The van der Waals surface area contributed by atoms with E-state index in [1.807, 2.05) is 12.1 Å². The van der Waals surface area contributed by atoms with E-state index in [0.29, 0.717) is 30.1 Å². The number of aliphatic carboxylic acids is 1. The number of Topliss-reactive ketones (excluding diaryl/α,β-unsaturated/α-hetero) is 1. The number of imidazole rings is 1. The molecular formula is C33H33ClF3N9O6. The van der Waals surface area contributed by atoms with Crippen LogP contribution in [-0.4, -0.2) is 78.5 Å². The Balaban J connectivity index is 1.19. The van der Waals surface area contributed by atoms with Crippen molar-refractivity contribution in [1.82, 2.24) is 35.1 Å². The fraction of sp³-hybridized carbons (Fsp3) is 0.333. The number of anilines is 3. The van der Waals surface area contributed by atoms with Crippen LogP contribution in [0.4, 0.5) is 30.8 Å². The molecule has 1 atom stereocenters. The number of hydrogen-bond donors (Lipinski definition) is 5. The highest BCUT2D eigenvalue weighted by Gasteiger charge is 2.45. The van der Waals surface area contributed by atoms with Crippen LogP contribution in [0.3, 0.4) is 0 Å². The number of hydrogen-bond acceptors (Lipinski definition) is 11. The van der Waals surface area contributed by atoms with E-state index in [1.165, 1.54) is 24.3 Å². The summed E-state index contributed by atoms with van der Waals surface area (Å²) in [5.74, 6) is -3.33. The number of alkyl halides is 3. The van der Waals surface area contributed by atoms with Gasteiger partial charge in [-0.2, -0.15) is 28.1 Å². The van der Waals surface area contributed by atoms with Gasteiger partial charge >= 0.3 is 18.2 Å². The largest absolute Gasteiger partial charge is 0.480 e. The van der Waals surface area contributed by atoms with Crippen molar-refractivity contribution < 1.29 is 42.2 Å². The second kappa shape index (κ2) is 16.1. The number of nitrogens with one attached hydrogen (secondary N) is 4. The van der Waals surface area contributed by atoms with E-state index in [-0.39, 0.29) is 30.4 Å². The fourth-order valence-electron chi connectivity index (χ4n) is 5.02. The van der Waals surface area contributed by atoms with Gasteiger partial charge in [0.15, 0.2) is 6.61 Å². The average Bonchev–Trinajstić information content (AvgIpc) is 3.76. The second-order valence-electron chi connectivity index (χ2n) is 11.8. The maximum atomic E-state index is 12.9. The van der Waals surface area contributed by atoms with E-state index < -0.39 is 60.4 Å². The minimum absolute atomic E-state index is 0.0432. The van der Waals surface area contributed by atoms with Crippen LogP contribution in [0, 0.1) is 6.92 Å². The van der Waals surface area contributed by atoms with Crippen LogP contribution in [0.25, 0.3) is 0 Å². The minimum Gasteiger partial charge on any atom is -0.480 e. The van der Waals surface area contributed by atoms with Gasteiger partial charge in [0.25, 0.3) is 11.8 Å². The Bertz CT molecular complexity index is 1920. The van der Waals surface area contributed by atoms with Gasteiger partial charge in [-0.25, -0.2) is 9.78 Å². The van der Waals surface area contributed by atoms with Crippen LogP contribution < -0.4 is 26.0 Å². The molecule has 2 amide bonds. The lowest BCUT2D eigenvalue weighted by atomic mass is 10.1. The molecule has 1 aliphatic carbocycles. The molecule has 15 nitrogen and oxygen atoms in total. The minimum atomic E-state index is -4.64. The third-order valence-electron chi connectivity index (χ3n) is 7.96. The first-order valence-corrected chi connectivity index (χ1v) is 16.3. The lowest BCUT2D eigenvalue weighted by Gasteiger charge is -2.19. The summed E-state index contributed by atoms with van der Waals surface area (Å²) in [6.07, 6.45) is -0.669. The number of carbonyl (C=O) groups is 4. The van der Waals surface area contributed by atoms with Crippen LogP contribution in [0.1, 0.15) is 47.4 Å². The molecule has 0 radical (unpaired) electrons. The topological polar surface area (TPSA) is 202 Å². The average molecular weight is 744 g/mol. The van der Waals surface area contributed by atoms with E-state index in [4.69, 9.17) is 16.3 Å². The van der Waals surface area contributed by atoms with Crippen molar-refractivity contribution in [1.29, 1.82) is 0 Å². The van der Waals surface area contributed by atoms with Crippen molar-refractivity contribution >= 4 is 52.8 Å². The van der Waals surface area contributed by atoms with Gasteiger partial charge in [0.05, 0.1) is 5.54 Å². The van der Waals surface area contributed by atoms with Gasteiger partial charge in [-0.1, -0.05) is 23.7 Å². The fourth-order valence-corrected chi connectivity index (χ4v) is 5.15. The van der Waals surface area contributed by atoms with E-state index in [9.17, 15) is 37.5 Å². The summed E-state index contributed by atoms with van der Waals surface area (Å²) in [5.41, 5.74) is 0.701. The predicted octanol–water partition coefficient (Wildman–Crippen LogP) is 4.16. The summed E-state index contributed by atoms with van der Waals surface area (Å²) >= 11 is 6.01. The third-order valence-corrected chi connectivity index (χ3v) is 8.21. The van der Waals surface area contributed by atoms with Crippen LogP contribution in [0.5, 0.6) is 6.01 Å². The summed E-state index contributed by atoms with van der Waals surface area (Å²) in [5, 5.41) is 21.0. The molecule has 5 N–H and O–H groups in total. The zero-order valence-electron chi connectivity index (χ0n) is 27.5. The highest BCUT2D eigenvalue weighted by Crippen LogP contribution is 2.48. The van der Waals surface area contributed by atoms with Gasteiger partial charge in [-0.15, -0.1) is 0 Å². The van der Waals surface area contributed by atoms with Crippen molar-refractivity contribution in [3.05, 3.63) is 82.9 Å². The normalized spacial score (nSPS) is 13.8. The molecule has 2 aromatic heterocycles. The molecule has 274 valence electrons. The number of amides is 2. The highest BCUT2D eigenvalue weighted by atomic mass is 35.5. The number of aryl methyl sites for hydroxylation is 1. The number of halogens is 4. The summed E-state index contributed by atoms with van der Waals surface area (Å²) in [6, 6.07) is 10.6. The van der Waals surface area contributed by atoms with Crippen molar-refractivity contribution in [2.45, 2.75) is 56.9 Å². The van der Waals surface area contributed by atoms with Gasteiger partial charge in [-0.05, 0) is 68.1 Å². The lowest BCUT2D eigenvalue weighted by molar-refractivity contribution is -0.154. The summed E-state index contributed by atoms with van der Waals surface area (Å²) in [6.45, 7) is 0.711. The molecular weight excluding hydrogens is 711 g/mol. The molecule has 0 aliphatic heterocycles. The van der Waals surface area contributed by atoms with Crippen LogP contribution in [0.2, 0.25) is 5.02 Å². The monoisotopic (exact) mass is 743 g/mol. The van der Waals surface area contributed by atoms with Gasteiger partial charge in [-0.3, -0.25) is 14.4 Å². The van der Waals surface area contributed by atoms with Crippen LogP contribution in [-0.2, 0) is 26.5 Å². The number of ketones is 1. The zero-order valence-corrected chi connectivity index (χ0v) is 28.3. The number of rotatable bonds is 17. The molecule has 5 rings (SSSR count). The quantitative estimate of drug-likeness (QED) is 0.0969. The Morgan fingerprint density at radius 1 is 1.02 bits per heavy atom. The summed E-state index contributed by atoms with van der Waals surface area (Å²) in [4.78, 5) is 65.6. The Hall–Kier alpha value is -5.78. The van der Waals surface area contributed by atoms with E-state index in [0.717, 1.165) is 11.4 Å². The number of carboxylic acid groups (broad SMARTS) is 1. The van der Waals surface area contributed by atoms with Gasteiger partial charge in [0.1, 0.15) is 11.9 Å². The Morgan fingerprint density at radius 2 is 1.71 bits per heavy atom. The molecule has 1 aliphatic rings. The SMILES string of the molecule is Cc1nccn1CCNC(=O)C(=O)CC[C@H](NC(=O)c1ccc(Nc2nc(NC3(c4ccc(Cl)cc4)CC3)nc(OCC(F)(F)F)n2)cc1)C(=O)O. The van der Waals surface area contributed by atoms with Gasteiger partial charge in [0.2, 0.25) is 17.7 Å². The molecule has 52 heavy (non-hydrogen) atoms. The molecule has 1 fully saturated rings. The molecule has 0 bridgehead atoms. The van der Waals surface area contributed by atoms with E-state index >= 15 is 0 Å². The van der Waals surface area contributed by atoms with Crippen LogP contribution in [0.15, 0.2) is 60.9 Å². The first-order chi connectivity index (χ1) is 24.7. The molecule has 0 spiro atoms. The van der Waals surface area contributed by atoms with Crippen molar-refractivity contribution in [3.8, 4) is 6.01 Å². The molecule has 2 heterocycles. The number of carboxylic acids is 1. The van der Waals surface area contributed by atoms with Gasteiger partial charge < -0.3 is 35.7 Å². The van der Waals surface area contributed by atoms with Crippen molar-refractivity contribution in [3.63, 3.8) is 0 Å². The summed E-state index contributed by atoms with van der Waals surface area (Å²) < 4.78 is 45.3. The lowest BCUT2D eigenvalue weighted by Crippen LogP contribution is -2.42. The molecule has 0 saturated heterocycles. The standard InChI is InChI=1S/C33H33ClF3N9O6/c1-19-38-14-16-46(19)17-15-39-27(49)25(47)11-10-24(28(50)51)41-26(48)20-2-8-23(9-3-20)40-29-42-30(44-31(43-29)52-18-33(35,36)37)45-32(12-13-32)21-4-6-22(34)7-5-21/h2-9,14,16,24H,10-13,15,17-18H2,1H3,(H,39,49)(H,41,48)(H,50,51)(H2,40,42,43,44,45)/t24-/m0/s1. The van der Waals surface area contributed by atoms with E-state index in [2.05, 4.69) is 41.2 Å². The van der Waals surface area contributed by atoms with Crippen molar-refractivity contribution in [2.75, 3.05) is 23.8 Å². The summed E-state index contributed by atoms with van der Waals surface area (Å²) in [7, 11) is 0. The second-order valence-corrected chi connectivity index (χ2v) is 12.3. The molecule has 0 unspecified atom stereocenters. The molecule has 2 aromatic carbocycles. The molecule has 4 aromatic rings. The first kappa shape index (κ1) is 37.5. The number of benzene rings is 2. The van der Waals surface area contributed by atoms with Crippen molar-refractivity contribution in [2.24, 2.45) is 0 Å². The molecule has 19 heteroatoms. The number of nitrogens with zero attached hydrogens (tertiary/aromatic N) is 5. The third kappa shape index (κ3) is 10.4. The first-order valence-electron chi connectivity index (χ1n) is 15.9. The Labute approximate surface area is 299 Å². The Kier molecular flexibility index (Phi) is 11.6. The maximum absolute atomic E-state index is 12.9. The Morgan fingerprint density at radius 3 is 2.33 bits per heavy atom. The van der Waals surface area contributed by atoms with Gasteiger partial charge in [0, 0.05) is 48.2 Å². The number of carbonyl (C=O) groups excluding carboxylic acids is 3. The predicted molar refractivity (Wildman–Crippen MR) is 180 cm³/mol.